The quantitative estimate of drug-likeness (QED) is 0.221. The lowest BCUT2D eigenvalue weighted by Gasteiger charge is -2.19. The highest BCUT2D eigenvalue weighted by Gasteiger charge is 2.38. The van der Waals surface area contributed by atoms with Crippen molar-refractivity contribution in [3.63, 3.8) is 0 Å². The highest BCUT2D eigenvalue weighted by molar-refractivity contribution is 5.86. The highest BCUT2D eigenvalue weighted by Crippen LogP contribution is 2.43. The maximum absolute atomic E-state index is 13.6. The number of hydrogen-bond acceptors (Lipinski definition) is 6. The van der Waals surface area contributed by atoms with Crippen molar-refractivity contribution in [1.29, 1.82) is 0 Å². The number of aliphatic carboxylic acids is 1. The Labute approximate surface area is 217 Å². The van der Waals surface area contributed by atoms with Gasteiger partial charge in [-0.2, -0.15) is 13.2 Å². The van der Waals surface area contributed by atoms with E-state index in [1.165, 1.54) is 6.07 Å². The predicted molar refractivity (Wildman–Crippen MR) is 133 cm³/mol. The lowest BCUT2D eigenvalue weighted by atomic mass is 9.97. The number of halogens is 3. The second-order valence-corrected chi connectivity index (χ2v) is 8.80. The minimum atomic E-state index is -4.67. The van der Waals surface area contributed by atoms with Crippen molar-refractivity contribution in [2.24, 2.45) is 0 Å². The SMILES string of the molecule is CCCc1cc2c(C(F)(F)F)noc2c(CCC)c1Oc1cc(OCc2ccccn2)ccc1CC(=O)O. The van der Waals surface area contributed by atoms with Gasteiger partial charge < -0.3 is 19.1 Å². The van der Waals surface area contributed by atoms with Crippen LogP contribution in [0.5, 0.6) is 17.2 Å². The maximum atomic E-state index is 13.6. The van der Waals surface area contributed by atoms with Gasteiger partial charge in [0.15, 0.2) is 11.3 Å². The molecule has 2 aromatic heterocycles. The number of benzene rings is 2. The van der Waals surface area contributed by atoms with E-state index in [1.54, 1.807) is 30.5 Å². The summed E-state index contributed by atoms with van der Waals surface area (Å²) in [6.07, 6.45) is -1.26. The van der Waals surface area contributed by atoms with Crippen LogP contribution in [0, 0.1) is 0 Å². The summed E-state index contributed by atoms with van der Waals surface area (Å²) in [6, 6.07) is 11.7. The van der Waals surface area contributed by atoms with Gasteiger partial charge in [-0.1, -0.05) is 44.0 Å². The third-order valence-corrected chi connectivity index (χ3v) is 5.88. The molecular weight excluding hydrogens is 501 g/mol. The third-order valence-electron chi connectivity index (χ3n) is 5.88. The zero-order valence-electron chi connectivity index (χ0n) is 21.0. The van der Waals surface area contributed by atoms with E-state index in [2.05, 4.69) is 10.1 Å². The van der Waals surface area contributed by atoms with Crippen LogP contribution in [-0.4, -0.2) is 21.2 Å². The number of nitrogens with zero attached hydrogens (tertiary/aromatic N) is 2. The molecule has 200 valence electrons. The van der Waals surface area contributed by atoms with Gasteiger partial charge in [0.1, 0.15) is 23.9 Å². The molecule has 0 fully saturated rings. The van der Waals surface area contributed by atoms with Gasteiger partial charge in [0.05, 0.1) is 17.5 Å². The number of carbonyl (C=O) groups is 1. The number of aryl methyl sites for hydroxylation is 2. The van der Waals surface area contributed by atoms with Crippen molar-refractivity contribution in [3.05, 3.63) is 76.7 Å². The molecule has 0 atom stereocenters. The van der Waals surface area contributed by atoms with Crippen molar-refractivity contribution in [2.45, 2.75) is 58.7 Å². The van der Waals surface area contributed by atoms with E-state index in [9.17, 15) is 23.1 Å². The molecule has 0 amide bonds. The van der Waals surface area contributed by atoms with Gasteiger partial charge in [-0.3, -0.25) is 9.78 Å². The van der Waals surface area contributed by atoms with Crippen LogP contribution in [-0.2, 0) is 36.8 Å². The van der Waals surface area contributed by atoms with E-state index >= 15 is 0 Å². The van der Waals surface area contributed by atoms with Gasteiger partial charge in [0.2, 0.25) is 0 Å². The molecule has 0 saturated heterocycles. The topological polar surface area (TPSA) is 94.7 Å². The summed E-state index contributed by atoms with van der Waals surface area (Å²) in [6.45, 7) is 3.99. The first-order chi connectivity index (χ1) is 18.2. The van der Waals surface area contributed by atoms with E-state index < -0.39 is 17.8 Å². The fourth-order valence-electron chi connectivity index (χ4n) is 4.23. The van der Waals surface area contributed by atoms with E-state index in [1.807, 2.05) is 26.0 Å². The molecule has 0 saturated carbocycles. The number of rotatable bonds is 11. The monoisotopic (exact) mass is 528 g/mol. The second-order valence-electron chi connectivity index (χ2n) is 8.80. The van der Waals surface area contributed by atoms with Gasteiger partial charge in [-0.15, -0.1) is 0 Å². The van der Waals surface area contributed by atoms with E-state index in [0.717, 1.165) is 0 Å². The van der Waals surface area contributed by atoms with E-state index in [-0.39, 0.29) is 29.7 Å². The average Bonchev–Trinajstić information content (AvgIpc) is 3.31. The molecule has 2 aromatic carbocycles. The van der Waals surface area contributed by atoms with Gasteiger partial charge in [-0.05, 0) is 42.7 Å². The van der Waals surface area contributed by atoms with Crippen molar-refractivity contribution in [1.82, 2.24) is 10.1 Å². The summed E-state index contributed by atoms with van der Waals surface area (Å²) < 4.78 is 58.3. The molecule has 38 heavy (non-hydrogen) atoms. The van der Waals surface area contributed by atoms with Crippen LogP contribution >= 0.6 is 0 Å². The molecule has 0 radical (unpaired) electrons. The summed E-state index contributed by atoms with van der Waals surface area (Å²) in [5.74, 6) is -0.0517. The maximum Gasteiger partial charge on any atom is 0.437 e. The molecule has 4 rings (SSSR count). The van der Waals surface area contributed by atoms with Crippen LogP contribution in [0.1, 0.15) is 54.8 Å². The number of aromatic nitrogens is 2. The Balaban J connectivity index is 1.80. The zero-order valence-corrected chi connectivity index (χ0v) is 21.0. The van der Waals surface area contributed by atoms with Crippen LogP contribution < -0.4 is 9.47 Å². The Morgan fingerprint density at radius 3 is 2.50 bits per heavy atom. The fraction of sp³-hybridized carbons (Fsp3) is 0.321. The zero-order chi connectivity index (χ0) is 27.3. The first-order valence-corrected chi connectivity index (χ1v) is 12.3. The van der Waals surface area contributed by atoms with Gasteiger partial charge >= 0.3 is 12.1 Å². The molecule has 0 aliphatic heterocycles. The first kappa shape index (κ1) is 27.0. The Morgan fingerprint density at radius 1 is 1.05 bits per heavy atom. The van der Waals surface area contributed by atoms with Crippen LogP contribution in [0.2, 0.25) is 0 Å². The Morgan fingerprint density at radius 2 is 1.84 bits per heavy atom. The average molecular weight is 529 g/mol. The molecule has 0 spiro atoms. The second kappa shape index (κ2) is 11.5. The Kier molecular flexibility index (Phi) is 8.19. The number of hydrogen-bond donors (Lipinski definition) is 1. The minimum absolute atomic E-state index is 0.0105. The van der Waals surface area contributed by atoms with Crippen molar-refractivity contribution in [2.75, 3.05) is 0 Å². The molecular formula is C28H27F3N2O5. The lowest BCUT2D eigenvalue weighted by molar-refractivity contribution is -0.141. The summed E-state index contributed by atoms with van der Waals surface area (Å²) in [4.78, 5) is 15.8. The number of ether oxygens (including phenoxy) is 2. The minimum Gasteiger partial charge on any atom is -0.487 e. The molecule has 7 nitrogen and oxygen atoms in total. The summed E-state index contributed by atoms with van der Waals surface area (Å²) in [7, 11) is 0. The highest BCUT2D eigenvalue weighted by atomic mass is 19.4. The lowest BCUT2D eigenvalue weighted by Crippen LogP contribution is -2.07. The molecule has 0 bridgehead atoms. The van der Waals surface area contributed by atoms with Crippen LogP contribution in [0.3, 0.4) is 0 Å². The van der Waals surface area contributed by atoms with Crippen LogP contribution in [0.25, 0.3) is 11.0 Å². The number of fused-ring (bicyclic) bond motifs is 1. The number of carboxylic acid groups (broad SMARTS) is 1. The number of pyridine rings is 1. The summed E-state index contributed by atoms with van der Waals surface area (Å²) in [5.41, 5.74) is 1.04. The molecule has 1 N–H and O–H groups in total. The summed E-state index contributed by atoms with van der Waals surface area (Å²) in [5, 5.41) is 12.7. The smallest absolute Gasteiger partial charge is 0.437 e. The Hall–Kier alpha value is -4.08. The van der Waals surface area contributed by atoms with Gasteiger partial charge in [0.25, 0.3) is 0 Å². The molecule has 0 aliphatic rings. The third kappa shape index (κ3) is 6.07. The first-order valence-electron chi connectivity index (χ1n) is 12.3. The molecule has 2 heterocycles. The molecule has 0 aliphatic carbocycles. The van der Waals surface area contributed by atoms with Crippen molar-refractivity contribution >= 4 is 16.9 Å². The fourth-order valence-corrected chi connectivity index (χ4v) is 4.23. The van der Waals surface area contributed by atoms with E-state index in [4.69, 9.17) is 14.0 Å². The van der Waals surface area contributed by atoms with Crippen LogP contribution in [0.15, 0.2) is 53.2 Å². The normalized spacial score (nSPS) is 11.6. The molecule has 10 heteroatoms. The van der Waals surface area contributed by atoms with E-state index in [0.29, 0.717) is 59.6 Å². The molecule has 0 unspecified atom stereocenters. The standard InChI is InChI=1S/C28H27F3N2O5/c1-3-7-18-13-22-26(38-33-27(22)28(29,30)31)21(8-4-2)25(18)37-23-15-20(11-10-17(23)14-24(34)35)36-16-19-9-5-6-12-32-19/h5-6,9-13,15H,3-4,7-8,14,16H2,1-2H3,(H,34,35). The largest absolute Gasteiger partial charge is 0.487 e. The molecule has 4 aromatic rings. The predicted octanol–water partition coefficient (Wildman–Crippen LogP) is 7.15. The van der Waals surface area contributed by atoms with Crippen molar-refractivity contribution in [3.8, 4) is 17.2 Å². The van der Waals surface area contributed by atoms with Crippen LogP contribution in [0.4, 0.5) is 13.2 Å². The van der Waals surface area contributed by atoms with Gasteiger partial charge in [0, 0.05) is 23.4 Å². The summed E-state index contributed by atoms with van der Waals surface area (Å²) >= 11 is 0. The van der Waals surface area contributed by atoms with Crippen molar-refractivity contribution < 1.29 is 37.1 Å². The van der Waals surface area contributed by atoms with Gasteiger partial charge in [-0.25, -0.2) is 0 Å². The number of alkyl halides is 3. The number of carboxylic acids is 1. The Bertz CT molecular complexity index is 1420.